The first-order valence-electron chi connectivity index (χ1n) is 38.7. The Labute approximate surface area is 641 Å². The molecule has 18 aromatic carbocycles. The maximum Gasteiger partial charge on any atom is 0.0468 e. The van der Waals surface area contributed by atoms with Crippen LogP contribution in [0, 0.1) is 0 Å². The van der Waals surface area contributed by atoms with Crippen LogP contribution in [0.25, 0.3) is 115 Å². The molecule has 520 valence electrons. The number of anilines is 11. The molecule has 0 aliphatic heterocycles. The molecule has 110 heavy (non-hydrogen) atoms. The molecule has 18 aromatic rings. The highest BCUT2D eigenvalue weighted by atomic mass is 15.2. The van der Waals surface area contributed by atoms with Crippen LogP contribution >= 0.6 is 0 Å². The van der Waals surface area contributed by atoms with Crippen molar-refractivity contribution in [2.45, 2.75) is 38.5 Å². The van der Waals surface area contributed by atoms with E-state index in [0.29, 0.717) is 0 Å². The van der Waals surface area contributed by atoms with Gasteiger partial charge in [0, 0.05) is 68.3 Å². The normalized spacial score (nSPS) is 13.3. The van der Waals surface area contributed by atoms with E-state index < -0.39 is 0 Å². The van der Waals surface area contributed by atoms with Crippen molar-refractivity contribution in [1.29, 1.82) is 0 Å². The van der Waals surface area contributed by atoms with Crippen LogP contribution in [0.2, 0.25) is 0 Å². The fraction of sp³-hybridized carbons (Fsp3) is 0.0566. The minimum absolute atomic E-state index is 0.790. The number of benzene rings is 18. The smallest absolute Gasteiger partial charge is 0.0468 e. The first kappa shape index (κ1) is 64.6. The van der Waals surface area contributed by atoms with Gasteiger partial charge in [-0.05, 0) is 309 Å². The summed E-state index contributed by atoms with van der Waals surface area (Å²) in [5.41, 5.74) is 23.6. The summed E-state index contributed by atoms with van der Waals surface area (Å²) < 4.78 is 0. The standard InChI is InChI=1S/C106H76N4/c1-9-25-81-61-91(49-33-71(81)17-1)107(92-50-34-72-18-2-10-26-82(72)62-92)89-45-41-79(42-46-89)105-101-59-57-99(109(95-53-37-75-21-5-13-29-85(75)65-95)96-54-38-76-22-6-14-30-86(76)66-96)69-103(101)106(80-43-47-90(48-44-80)108(93-51-35-73-19-3-11-27-83(73)63-93)94-52-36-74-20-4-12-28-84(74)64-94)104-70-100(58-60-102(104)105)110(97-55-39-77-23-7-15-31-87(77)67-97)98-56-40-78-24-8-16-32-88(78)68-98/h1-3,5-15,17-19,21-31,33-43,45-47,49-70H,4,16,20,32,44,48H2. The molecule has 0 bridgehead atoms. The first-order chi connectivity index (χ1) is 54.5. The van der Waals surface area contributed by atoms with E-state index in [0.717, 1.165) is 101 Å². The predicted octanol–water partition coefficient (Wildman–Crippen LogP) is 29.8. The number of fused-ring (bicyclic) bond motifs is 10. The SMILES string of the molecule is C1=Cc2cc(N(C3=CC=C(c4c5cc(N(c6ccc7c(c6)CCC=C7)c6ccc7ccccc7c6)ccc5c(-c5ccc(N(c6ccc7ccccc7c6)c6ccc7ccccc7c6)cc5)c5ccc(N(c6ccc7ccccc7c6)c6ccc7ccccc7c6)cc45)CC3)c3ccc4ccccc4c3)ccc2CC1. The molecule has 0 atom stereocenters. The van der Waals surface area contributed by atoms with E-state index >= 15 is 0 Å². The molecule has 3 aliphatic carbocycles. The third-order valence-electron chi connectivity index (χ3n) is 23.2. The number of allylic oxidation sites excluding steroid dienone is 6. The van der Waals surface area contributed by atoms with Gasteiger partial charge >= 0.3 is 0 Å². The fourth-order valence-corrected chi connectivity index (χ4v) is 17.8. The second-order valence-electron chi connectivity index (χ2n) is 29.8. The summed E-state index contributed by atoms with van der Waals surface area (Å²) in [5.74, 6) is 0. The summed E-state index contributed by atoms with van der Waals surface area (Å²) in [5, 5.41) is 19.2. The highest BCUT2D eigenvalue weighted by molar-refractivity contribution is 6.21. The Hall–Kier alpha value is -13.8. The van der Waals surface area contributed by atoms with Gasteiger partial charge in [-0.3, -0.25) is 0 Å². The Balaban J connectivity index is 0.832. The summed E-state index contributed by atoms with van der Waals surface area (Å²) in [6.45, 7) is 0. The summed E-state index contributed by atoms with van der Waals surface area (Å²) in [7, 11) is 0. The van der Waals surface area contributed by atoms with Gasteiger partial charge in [0.05, 0.1) is 0 Å². The second kappa shape index (κ2) is 27.2. The van der Waals surface area contributed by atoms with Gasteiger partial charge in [0.1, 0.15) is 0 Å². The van der Waals surface area contributed by atoms with E-state index in [9.17, 15) is 0 Å². The van der Waals surface area contributed by atoms with E-state index in [4.69, 9.17) is 0 Å². The lowest BCUT2D eigenvalue weighted by Crippen LogP contribution is -2.18. The van der Waals surface area contributed by atoms with E-state index in [1.807, 2.05) is 0 Å². The second-order valence-corrected chi connectivity index (χ2v) is 29.8. The molecule has 0 saturated heterocycles. The first-order valence-corrected chi connectivity index (χ1v) is 38.7. The number of rotatable bonds is 14. The van der Waals surface area contributed by atoms with Crippen LogP contribution < -0.4 is 19.6 Å². The van der Waals surface area contributed by atoms with Crippen molar-refractivity contribution in [3.05, 3.63) is 410 Å². The average Bonchev–Trinajstić information content (AvgIpc) is 0.720. The van der Waals surface area contributed by atoms with E-state index in [-0.39, 0.29) is 0 Å². The highest BCUT2D eigenvalue weighted by Crippen LogP contribution is 2.51. The van der Waals surface area contributed by atoms with Crippen LogP contribution in [0.1, 0.15) is 53.5 Å². The number of hydrogen-bond acceptors (Lipinski definition) is 4. The summed E-state index contributed by atoms with van der Waals surface area (Å²) in [6, 6.07) is 132. The molecule has 4 nitrogen and oxygen atoms in total. The Morgan fingerprint density at radius 3 is 0.964 bits per heavy atom. The fourth-order valence-electron chi connectivity index (χ4n) is 17.8. The van der Waals surface area contributed by atoms with Crippen LogP contribution in [-0.2, 0) is 12.8 Å². The largest absolute Gasteiger partial charge is 0.314 e. The Kier molecular flexibility index (Phi) is 16.0. The van der Waals surface area contributed by atoms with Gasteiger partial charge in [0.15, 0.2) is 0 Å². The van der Waals surface area contributed by atoms with Crippen LogP contribution in [0.5, 0.6) is 0 Å². The zero-order chi connectivity index (χ0) is 72.6. The topological polar surface area (TPSA) is 13.0 Å². The van der Waals surface area contributed by atoms with Gasteiger partial charge in [-0.15, -0.1) is 0 Å². The molecule has 0 aromatic heterocycles. The van der Waals surface area contributed by atoms with Crippen molar-refractivity contribution in [2.24, 2.45) is 0 Å². The van der Waals surface area contributed by atoms with E-state index in [1.54, 1.807) is 0 Å². The molecule has 0 N–H and O–H groups in total. The molecule has 0 amide bonds. The third kappa shape index (κ3) is 11.7. The van der Waals surface area contributed by atoms with Gasteiger partial charge in [0.2, 0.25) is 0 Å². The maximum absolute atomic E-state index is 2.54. The van der Waals surface area contributed by atoms with Crippen molar-refractivity contribution in [3.63, 3.8) is 0 Å². The van der Waals surface area contributed by atoms with Crippen LogP contribution in [0.4, 0.5) is 62.6 Å². The molecule has 4 heteroatoms. The molecular formula is C106H76N4. The lowest BCUT2D eigenvalue weighted by atomic mass is 9.83. The molecule has 0 saturated carbocycles. The zero-order valence-corrected chi connectivity index (χ0v) is 61.0. The summed E-state index contributed by atoms with van der Waals surface area (Å²) in [6.07, 6.45) is 19.9. The lowest BCUT2D eigenvalue weighted by Gasteiger charge is -2.32. The molecule has 0 unspecified atom stereocenters. The van der Waals surface area contributed by atoms with E-state index in [2.05, 4.69) is 408 Å². The molecule has 21 rings (SSSR count). The van der Waals surface area contributed by atoms with E-state index in [1.165, 1.54) is 137 Å². The molecular weight excluding hydrogens is 1330 g/mol. The van der Waals surface area contributed by atoms with Crippen molar-refractivity contribution in [1.82, 2.24) is 0 Å². The zero-order valence-electron chi connectivity index (χ0n) is 61.0. The number of hydrogen-bond donors (Lipinski definition) is 0. The van der Waals surface area contributed by atoms with Crippen LogP contribution in [0.15, 0.2) is 382 Å². The summed E-state index contributed by atoms with van der Waals surface area (Å²) >= 11 is 0. The van der Waals surface area contributed by atoms with Gasteiger partial charge < -0.3 is 19.6 Å². The number of aryl methyl sites for hydroxylation is 2. The van der Waals surface area contributed by atoms with Crippen molar-refractivity contribution in [3.8, 4) is 11.1 Å². The molecule has 0 radical (unpaired) electrons. The Morgan fingerprint density at radius 1 is 0.200 bits per heavy atom. The summed E-state index contributed by atoms with van der Waals surface area (Å²) in [4.78, 5) is 9.96. The van der Waals surface area contributed by atoms with Gasteiger partial charge in [-0.25, -0.2) is 0 Å². The quantitative estimate of drug-likeness (QED) is 0.101. The lowest BCUT2D eigenvalue weighted by molar-refractivity contribution is 0.929. The van der Waals surface area contributed by atoms with Gasteiger partial charge in [-0.1, -0.05) is 249 Å². The minimum atomic E-state index is 0.790. The Bertz CT molecular complexity index is 6730. The Morgan fingerprint density at radius 2 is 0.536 bits per heavy atom. The molecule has 3 aliphatic rings. The van der Waals surface area contributed by atoms with Crippen molar-refractivity contribution in [2.75, 3.05) is 19.6 Å². The molecule has 0 fully saturated rings. The van der Waals surface area contributed by atoms with Crippen LogP contribution in [-0.4, -0.2) is 0 Å². The van der Waals surface area contributed by atoms with Crippen molar-refractivity contribution >= 4 is 166 Å². The average molecular weight is 1410 g/mol. The maximum atomic E-state index is 2.54. The molecule has 0 spiro atoms. The van der Waals surface area contributed by atoms with Gasteiger partial charge in [0.25, 0.3) is 0 Å². The minimum Gasteiger partial charge on any atom is -0.314 e. The van der Waals surface area contributed by atoms with Crippen molar-refractivity contribution < 1.29 is 0 Å². The van der Waals surface area contributed by atoms with Gasteiger partial charge in [-0.2, -0.15) is 0 Å². The molecule has 0 heterocycles. The van der Waals surface area contributed by atoms with Crippen LogP contribution in [0.3, 0.4) is 0 Å². The monoisotopic (exact) mass is 1400 g/mol. The highest BCUT2D eigenvalue weighted by Gasteiger charge is 2.28. The number of nitrogens with zero attached hydrogens (tertiary/aromatic N) is 4. The third-order valence-corrected chi connectivity index (χ3v) is 23.2. The predicted molar refractivity (Wildman–Crippen MR) is 471 cm³/mol.